The monoisotopic (exact) mass is 372 g/mol. The van der Waals surface area contributed by atoms with Crippen LogP contribution in [0.25, 0.3) is 16.9 Å². The minimum atomic E-state index is -0.316. The van der Waals surface area contributed by atoms with Gasteiger partial charge < -0.3 is 19.8 Å². The lowest BCUT2D eigenvalue weighted by atomic mass is 10.1. The topological polar surface area (TPSA) is 67.7 Å². The standard InChI is InChI=1S/C22H20N4O2/c1-15-9-10-16(20-14-26-11-4-3-8-21(26)24-20)12-19(15)25-22(27)23-17-6-5-7-18(13-17)28-2/h3-14H,1-2H3,(H2,23,25,27). The molecule has 2 amide bonds. The lowest BCUT2D eigenvalue weighted by Crippen LogP contribution is -2.20. The molecular formula is C22H20N4O2. The fourth-order valence-corrected chi connectivity index (χ4v) is 2.98. The molecule has 4 aromatic rings. The number of carbonyl (C=O) groups excluding carboxylic acids is 1. The third-order valence-corrected chi connectivity index (χ3v) is 4.47. The van der Waals surface area contributed by atoms with Gasteiger partial charge in [-0.3, -0.25) is 0 Å². The number of ether oxygens (including phenoxy) is 1. The van der Waals surface area contributed by atoms with Crippen molar-refractivity contribution in [3.8, 4) is 17.0 Å². The summed E-state index contributed by atoms with van der Waals surface area (Å²) < 4.78 is 7.15. The van der Waals surface area contributed by atoms with Gasteiger partial charge in [-0.15, -0.1) is 0 Å². The summed E-state index contributed by atoms with van der Waals surface area (Å²) in [6.45, 7) is 1.95. The SMILES string of the molecule is COc1cccc(NC(=O)Nc2cc(-c3cn4ccccc4n3)ccc2C)c1. The zero-order valence-electron chi connectivity index (χ0n) is 15.6. The maximum absolute atomic E-state index is 12.4. The highest BCUT2D eigenvalue weighted by Crippen LogP contribution is 2.25. The smallest absolute Gasteiger partial charge is 0.323 e. The highest BCUT2D eigenvalue weighted by molar-refractivity contribution is 6.00. The van der Waals surface area contributed by atoms with Gasteiger partial charge in [0.1, 0.15) is 11.4 Å². The van der Waals surface area contributed by atoms with Crippen molar-refractivity contribution in [2.75, 3.05) is 17.7 Å². The molecule has 0 fully saturated rings. The Bertz CT molecular complexity index is 1120. The molecular weight excluding hydrogens is 352 g/mol. The number of hydrogen-bond acceptors (Lipinski definition) is 3. The van der Waals surface area contributed by atoms with Crippen LogP contribution in [0.4, 0.5) is 16.2 Å². The van der Waals surface area contributed by atoms with Gasteiger partial charge in [0.2, 0.25) is 0 Å². The quantitative estimate of drug-likeness (QED) is 0.532. The number of carbonyl (C=O) groups is 1. The van der Waals surface area contributed by atoms with E-state index >= 15 is 0 Å². The number of pyridine rings is 1. The first-order chi connectivity index (χ1) is 13.6. The molecule has 28 heavy (non-hydrogen) atoms. The average molecular weight is 372 g/mol. The van der Waals surface area contributed by atoms with Crippen LogP contribution in [-0.4, -0.2) is 22.5 Å². The Hall–Kier alpha value is -3.80. The van der Waals surface area contributed by atoms with Crippen LogP contribution in [-0.2, 0) is 0 Å². The zero-order valence-corrected chi connectivity index (χ0v) is 15.6. The third-order valence-electron chi connectivity index (χ3n) is 4.47. The largest absolute Gasteiger partial charge is 0.497 e. The average Bonchev–Trinajstić information content (AvgIpc) is 3.14. The molecule has 0 atom stereocenters. The number of anilines is 2. The van der Waals surface area contributed by atoms with Crippen LogP contribution in [0.3, 0.4) is 0 Å². The first-order valence-electron chi connectivity index (χ1n) is 8.89. The predicted molar refractivity (Wildman–Crippen MR) is 111 cm³/mol. The number of hydrogen-bond donors (Lipinski definition) is 2. The number of imidazole rings is 1. The molecule has 6 nitrogen and oxygen atoms in total. The van der Waals surface area contributed by atoms with E-state index in [1.165, 1.54) is 0 Å². The normalized spacial score (nSPS) is 10.6. The first-order valence-corrected chi connectivity index (χ1v) is 8.89. The molecule has 6 heteroatoms. The van der Waals surface area contributed by atoms with Crippen molar-refractivity contribution >= 4 is 23.1 Å². The number of urea groups is 1. The van der Waals surface area contributed by atoms with Crippen molar-refractivity contribution in [3.63, 3.8) is 0 Å². The molecule has 0 aliphatic heterocycles. The lowest BCUT2D eigenvalue weighted by molar-refractivity contribution is 0.262. The van der Waals surface area contributed by atoms with E-state index < -0.39 is 0 Å². The van der Waals surface area contributed by atoms with Crippen LogP contribution in [0.1, 0.15) is 5.56 Å². The predicted octanol–water partition coefficient (Wildman–Crippen LogP) is 4.96. The summed E-state index contributed by atoms with van der Waals surface area (Å²) in [5.41, 5.74) is 5.02. The third kappa shape index (κ3) is 3.66. The van der Waals surface area contributed by atoms with Crippen LogP contribution >= 0.6 is 0 Å². The van der Waals surface area contributed by atoms with Crippen LogP contribution in [0.15, 0.2) is 73.1 Å². The number of nitrogens with zero attached hydrogens (tertiary/aromatic N) is 2. The summed E-state index contributed by atoms with van der Waals surface area (Å²) in [5.74, 6) is 0.683. The Morgan fingerprint density at radius 3 is 2.75 bits per heavy atom. The lowest BCUT2D eigenvalue weighted by Gasteiger charge is -2.12. The second-order valence-corrected chi connectivity index (χ2v) is 6.43. The fourth-order valence-electron chi connectivity index (χ4n) is 2.98. The molecule has 0 aliphatic carbocycles. The molecule has 2 heterocycles. The highest BCUT2D eigenvalue weighted by atomic mass is 16.5. The Labute approximate surface area is 162 Å². The number of methoxy groups -OCH3 is 1. The van der Waals surface area contributed by atoms with Gasteiger partial charge in [-0.05, 0) is 42.8 Å². The van der Waals surface area contributed by atoms with E-state index in [1.807, 2.05) is 78.3 Å². The van der Waals surface area contributed by atoms with Gasteiger partial charge in [0.05, 0.1) is 12.8 Å². The fraction of sp³-hybridized carbons (Fsp3) is 0.0909. The van der Waals surface area contributed by atoms with Crippen molar-refractivity contribution in [2.24, 2.45) is 0 Å². The Morgan fingerprint density at radius 1 is 1.04 bits per heavy atom. The van der Waals surface area contributed by atoms with Crippen LogP contribution < -0.4 is 15.4 Å². The molecule has 0 unspecified atom stereocenters. The van der Waals surface area contributed by atoms with E-state index in [2.05, 4.69) is 15.6 Å². The number of amides is 2. The number of nitrogens with one attached hydrogen (secondary N) is 2. The van der Waals surface area contributed by atoms with Gasteiger partial charge in [-0.25, -0.2) is 9.78 Å². The van der Waals surface area contributed by atoms with E-state index in [1.54, 1.807) is 13.2 Å². The van der Waals surface area contributed by atoms with E-state index in [0.717, 1.165) is 28.2 Å². The maximum atomic E-state index is 12.4. The highest BCUT2D eigenvalue weighted by Gasteiger charge is 2.10. The summed E-state index contributed by atoms with van der Waals surface area (Å²) in [6, 6.07) is 18.7. The minimum Gasteiger partial charge on any atom is -0.497 e. The van der Waals surface area contributed by atoms with Crippen molar-refractivity contribution < 1.29 is 9.53 Å². The Kier molecular flexibility index (Phi) is 4.68. The van der Waals surface area contributed by atoms with Gasteiger partial charge in [0.15, 0.2) is 0 Å². The molecule has 140 valence electrons. The molecule has 2 N–H and O–H groups in total. The molecule has 2 aromatic carbocycles. The summed E-state index contributed by atoms with van der Waals surface area (Å²) in [5, 5.41) is 5.74. The van der Waals surface area contributed by atoms with E-state index in [-0.39, 0.29) is 6.03 Å². The van der Waals surface area contributed by atoms with Gasteiger partial charge in [0.25, 0.3) is 0 Å². The summed E-state index contributed by atoms with van der Waals surface area (Å²) in [7, 11) is 1.59. The molecule has 0 saturated heterocycles. The van der Waals surface area contributed by atoms with Crippen molar-refractivity contribution in [3.05, 3.63) is 78.6 Å². The molecule has 0 saturated carbocycles. The van der Waals surface area contributed by atoms with Gasteiger partial charge in [-0.2, -0.15) is 0 Å². The molecule has 0 bridgehead atoms. The number of rotatable bonds is 4. The second-order valence-electron chi connectivity index (χ2n) is 6.43. The Balaban J connectivity index is 1.55. The first kappa shape index (κ1) is 17.6. The van der Waals surface area contributed by atoms with Crippen LogP contribution in [0.2, 0.25) is 0 Å². The second kappa shape index (κ2) is 7.44. The molecule has 2 aromatic heterocycles. The van der Waals surface area contributed by atoms with Crippen molar-refractivity contribution in [1.82, 2.24) is 9.38 Å². The van der Waals surface area contributed by atoms with Crippen molar-refractivity contribution in [1.29, 1.82) is 0 Å². The minimum absolute atomic E-state index is 0.316. The van der Waals surface area contributed by atoms with E-state index in [9.17, 15) is 4.79 Å². The zero-order chi connectivity index (χ0) is 19.5. The molecule has 0 radical (unpaired) electrons. The van der Waals surface area contributed by atoms with Crippen LogP contribution in [0.5, 0.6) is 5.75 Å². The summed E-state index contributed by atoms with van der Waals surface area (Å²) in [6.07, 6.45) is 3.93. The summed E-state index contributed by atoms with van der Waals surface area (Å²) in [4.78, 5) is 17.1. The Morgan fingerprint density at radius 2 is 1.93 bits per heavy atom. The number of fused-ring (bicyclic) bond motifs is 1. The molecule has 0 spiro atoms. The molecule has 4 rings (SSSR count). The van der Waals surface area contributed by atoms with Gasteiger partial charge >= 0.3 is 6.03 Å². The van der Waals surface area contributed by atoms with E-state index in [0.29, 0.717) is 11.4 Å². The number of aromatic nitrogens is 2. The van der Waals surface area contributed by atoms with Crippen LogP contribution in [0, 0.1) is 6.92 Å². The van der Waals surface area contributed by atoms with E-state index in [4.69, 9.17) is 4.74 Å². The summed E-state index contributed by atoms with van der Waals surface area (Å²) >= 11 is 0. The van der Waals surface area contributed by atoms with Gasteiger partial charge in [0, 0.05) is 35.4 Å². The van der Waals surface area contributed by atoms with Gasteiger partial charge in [-0.1, -0.05) is 24.3 Å². The number of benzene rings is 2. The molecule has 0 aliphatic rings. The number of aryl methyl sites for hydroxylation is 1. The maximum Gasteiger partial charge on any atom is 0.323 e. The van der Waals surface area contributed by atoms with Crippen molar-refractivity contribution in [2.45, 2.75) is 6.92 Å².